The number of fused-ring (bicyclic) bond motifs is 1. The summed E-state index contributed by atoms with van der Waals surface area (Å²) in [5, 5.41) is 15.6. The van der Waals surface area contributed by atoms with Gasteiger partial charge in [-0.1, -0.05) is 5.16 Å². The first-order valence-corrected chi connectivity index (χ1v) is 10.5. The number of nitrogens with two attached hydrogens (primary N) is 2. The summed E-state index contributed by atoms with van der Waals surface area (Å²) in [5.74, 6) is -1.66. The Morgan fingerprint density at radius 2 is 2.28 bits per heavy atom. The molecule has 14 heteroatoms. The predicted octanol–water partition coefficient (Wildman–Crippen LogP) is -1.32. The Bertz CT molecular complexity index is 847. The van der Waals surface area contributed by atoms with Crippen LogP contribution < -0.4 is 16.8 Å². The van der Waals surface area contributed by atoms with Gasteiger partial charge in [-0.05, 0) is 19.9 Å². The van der Waals surface area contributed by atoms with E-state index in [-0.39, 0.29) is 41.1 Å². The Kier molecular flexibility index (Phi) is 6.24. The van der Waals surface area contributed by atoms with Gasteiger partial charge in [0, 0.05) is 23.8 Å². The van der Waals surface area contributed by atoms with E-state index in [4.69, 9.17) is 16.3 Å². The lowest BCUT2D eigenvalue weighted by atomic mass is 9.89. The monoisotopic (exact) mass is 443 g/mol. The molecule has 1 aromatic heterocycles. The summed E-state index contributed by atoms with van der Waals surface area (Å²) in [6, 6.07) is -0.795. The van der Waals surface area contributed by atoms with Gasteiger partial charge >= 0.3 is 5.97 Å². The quantitative estimate of drug-likeness (QED) is 0.162. The van der Waals surface area contributed by atoms with E-state index in [1.807, 2.05) is 0 Å². The molecule has 6 N–H and O–H groups in total. The van der Waals surface area contributed by atoms with Gasteiger partial charge in [0.05, 0.1) is 5.41 Å². The molecule has 3 rings (SSSR count). The molecule has 2 aliphatic heterocycles. The number of amides is 2. The number of carbonyl (C=O) groups excluding carboxylic acids is 2. The molecule has 0 saturated carbocycles. The van der Waals surface area contributed by atoms with Crippen molar-refractivity contribution in [3.05, 3.63) is 5.82 Å². The summed E-state index contributed by atoms with van der Waals surface area (Å²) in [5.41, 5.74) is 9.76. The van der Waals surface area contributed by atoms with E-state index in [1.54, 1.807) is 6.92 Å². The highest BCUT2D eigenvalue weighted by Gasteiger charge is 2.56. The number of β-lactam (4-membered cyclic amide) rings is 1. The standard InChI is InChI=1S/C15H21N7O5S2/c1-15(13(25)26)5-22-11(24)8(12(22)28-6-15)18-10(23)7(20-27-4-2-3-16)9-19-14(17)29-21-9/h8,12H,2-6,16H2,1H3,(H,18,23)(H,25,26)(H2,17,19,21)/t8?,12-,15?/m1/s1. The van der Waals surface area contributed by atoms with Gasteiger partial charge < -0.3 is 31.6 Å². The number of carboxylic acid groups (broad SMARTS) is 1. The van der Waals surface area contributed by atoms with Crippen molar-refractivity contribution in [2.24, 2.45) is 16.3 Å². The van der Waals surface area contributed by atoms with Crippen molar-refractivity contribution in [3.63, 3.8) is 0 Å². The number of nitrogens with zero attached hydrogens (tertiary/aromatic N) is 4. The molecular weight excluding hydrogens is 422 g/mol. The maximum atomic E-state index is 12.7. The van der Waals surface area contributed by atoms with Crippen LogP contribution in [0, 0.1) is 5.41 Å². The van der Waals surface area contributed by atoms with E-state index in [0.717, 1.165) is 11.5 Å². The predicted molar refractivity (Wildman–Crippen MR) is 106 cm³/mol. The molecule has 2 unspecified atom stereocenters. The number of aliphatic carboxylic acids is 1. The topological polar surface area (TPSA) is 186 Å². The van der Waals surface area contributed by atoms with Gasteiger partial charge in [-0.2, -0.15) is 9.36 Å². The van der Waals surface area contributed by atoms with Crippen LogP contribution in [0.4, 0.5) is 5.13 Å². The highest BCUT2D eigenvalue weighted by molar-refractivity contribution is 8.00. The van der Waals surface area contributed by atoms with Crippen LogP contribution in [0.25, 0.3) is 0 Å². The normalized spacial score (nSPS) is 26.5. The Hall–Kier alpha value is -2.45. The van der Waals surface area contributed by atoms with Crippen molar-refractivity contribution in [1.29, 1.82) is 0 Å². The number of hydrogen-bond donors (Lipinski definition) is 4. The number of hydrogen-bond acceptors (Lipinski definition) is 11. The van der Waals surface area contributed by atoms with Crippen molar-refractivity contribution < 1.29 is 24.3 Å². The molecule has 158 valence electrons. The maximum absolute atomic E-state index is 12.7. The third kappa shape index (κ3) is 4.28. The number of thioether (sulfide) groups is 1. The zero-order valence-electron chi connectivity index (χ0n) is 15.5. The smallest absolute Gasteiger partial charge is 0.312 e. The van der Waals surface area contributed by atoms with E-state index in [9.17, 15) is 19.5 Å². The number of carboxylic acids is 1. The highest BCUT2D eigenvalue weighted by Crippen LogP contribution is 2.41. The second-order valence-corrected chi connectivity index (χ2v) is 8.74. The van der Waals surface area contributed by atoms with Crippen LogP contribution >= 0.6 is 23.3 Å². The van der Waals surface area contributed by atoms with E-state index < -0.39 is 23.3 Å². The van der Waals surface area contributed by atoms with Gasteiger partial charge in [0.15, 0.2) is 5.13 Å². The SMILES string of the molecule is CC1(C(=O)O)CS[C@@H]2C(NC(=O)C(=NOCCCN)c3nsc(N)n3)C(=O)N2C1. The van der Waals surface area contributed by atoms with Gasteiger partial charge in [0.25, 0.3) is 5.91 Å². The summed E-state index contributed by atoms with van der Waals surface area (Å²) in [7, 11) is 0. The molecule has 2 amide bonds. The van der Waals surface area contributed by atoms with Crippen molar-refractivity contribution in [2.45, 2.75) is 24.8 Å². The summed E-state index contributed by atoms with van der Waals surface area (Å²) in [4.78, 5) is 47.2. The number of aromatic nitrogens is 2. The van der Waals surface area contributed by atoms with Crippen LogP contribution in [0.5, 0.6) is 0 Å². The molecule has 3 atom stereocenters. The molecule has 2 saturated heterocycles. The zero-order chi connectivity index (χ0) is 21.2. The van der Waals surface area contributed by atoms with Gasteiger partial charge in [-0.3, -0.25) is 14.4 Å². The van der Waals surface area contributed by atoms with E-state index in [1.165, 1.54) is 16.7 Å². The molecule has 2 fully saturated rings. The molecule has 0 spiro atoms. The Labute approximate surface area is 174 Å². The van der Waals surface area contributed by atoms with Crippen molar-refractivity contribution in [1.82, 2.24) is 19.6 Å². The molecular formula is C15H21N7O5S2. The van der Waals surface area contributed by atoms with Crippen LogP contribution in [0.2, 0.25) is 0 Å². The summed E-state index contributed by atoms with van der Waals surface area (Å²) < 4.78 is 3.97. The molecule has 0 aromatic carbocycles. The first kappa shape index (κ1) is 21.3. The Morgan fingerprint density at radius 1 is 1.52 bits per heavy atom. The molecule has 29 heavy (non-hydrogen) atoms. The number of nitrogen functional groups attached to an aromatic ring is 1. The minimum Gasteiger partial charge on any atom is -0.481 e. The average molecular weight is 444 g/mol. The van der Waals surface area contributed by atoms with Gasteiger partial charge in [-0.25, -0.2) is 0 Å². The molecule has 0 radical (unpaired) electrons. The largest absolute Gasteiger partial charge is 0.481 e. The van der Waals surface area contributed by atoms with E-state index in [0.29, 0.717) is 18.7 Å². The summed E-state index contributed by atoms with van der Waals surface area (Å²) in [6.07, 6.45) is 0.544. The van der Waals surface area contributed by atoms with Crippen LogP contribution in [-0.2, 0) is 19.2 Å². The maximum Gasteiger partial charge on any atom is 0.312 e. The van der Waals surface area contributed by atoms with Crippen LogP contribution in [0.3, 0.4) is 0 Å². The Balaban J connectivity index is 1.69. The fraction of sp³-hybridized carbons (Fsp3) is 0.600. The summed E-state index contributed by atoms with van der Waals surface area (Å²) >= 11 is 2.21. The van der Waals surface area contributed by atoms with Gasteiger partial charge in [0.2, 0.25) is 17.4 Å². The van der Waals surface area contributed by atoms with Gasteiger partial charge in [0.1, 0.15) is 18.0 Å². The second-order valence-electron chi connectivity index (χ2n) is 6.86. The third-order valence-corrected chi connectivity index (χ3v) is 6.72. The first-order valence-electron chi connectivity index (χ1n) is 8.73. The highest BCUT2D eigenvalue weighted by atomic mass is 32.2. The molecule has 0 bridgehead atoms. The lowest BCUT2D eigenvalue weighted by molar-refractivity contribution is -0.157. The molecule has 1 aromatic rings. The average Bonchev–Trinajstić information content (AvgIpc) is 3.11. The molecule has 12 nitrogen and oxygen atoms in total. The minimum atomic E-state index is -1.02. The fourth-order valence-corrected chi connectivity index (χ4v) is 4.74. The van der Waals surface area contributed by atoms with Gasteiger partial charge in [-0.15, -0.1) is 11.8 Å². The van der Waals surface area contributed by atoms with Crippen LogP contribution in [-0.4, -0.2) is 79.7 Å². The van der Waals surface area contributed by atoms with E-state index in [2.05, 4.69) is 19.8 Å². The number of carbonyl (C=O) groups is 3. The zero-order valence-corrected chi connectivity index (χ0v) is 17.2. The number of oxime groups is 1. The van der Waals surface area contributed by atoms with E-state index >= 15 is 0 Å². The van der Waals surface area contributed by atoms with Crippen molar-refractivity contribution in [2.75, 3.05) is 31.2 Å². The number of nitrogens with one attached hydrogen (secondary N) is 1. The minimum absolute atomic E-state index is 0.00359. The lowest BCUT2D eigenvalue weighted by Crippen LogP contribution is -2.73. The van der Waals surface area contributed by atoms with Crippen molar-refractivity contribution >= 4 is 51.9 Å². The molecule has 3 heterocycles. The van der Waals surface area contributed by atoms with Crippen LogP contribution in [0.15, 0.2) is 5.16 Å². The molecule has 2 aliphatic rings. The number of rotatable bonds is 8. The number of anilines is 1. The first-order chi connectivity index (χ1) is 13.8. The van der Waals surface area contributed by atoms with Crippen LogP contribution in [0.1, 0.15) is 19.2 Å². The third-order valence-electron chi connectivity index (χ3n) is 4.50. The summed E-state index contributed by atoms with van der Waals surface area (Å²) in [6.45, 7) is 2.30. The van der Waals surface area contributed by atoms with Crippen molar-refractivity contribution in [3.8, 4) is 0 Å². The second kappa shape index (κ2) is 8.51. The Morgan fingerprint density at radius 3 is 2.90 bits per heavy atom. The fourth-order valence-electron chi connectivity index (χ4n) is 2.81. The lowest BCUT2D eigenvalue weighted by Gasteiger charge is -2.53. The molecule has 0 aliphatic carbocycles.